The van der Waals surface area contributed by atoms with Crippen molar-refractivity contribution < 1.29 is 9.59 Å². The van der Waals surface area contributed by atoms with Gasteiger partial charge in [0.15, 0.2) is 0 Å². The van der Waals surface area contributed by atoms with E-state index in [0.29, 0.717) is 15.7 Å². The van der Waals surface area contributed by atoms with Crippen LogP contribution in [0.1, 0.15) is 13.8 Å². The van der Waals surface area contributed by atoms with Gasteiger partial charge in [0.05, 0.1) is 27.6 Å². The van der Waals surface area contributed by atoms with Crippen molar-refractivity contribution in [2.45, 2.75) is 13.8 Å². The summed E-state index contributed by atoms with van der Waals surface area (Å²) in [7, 11) is 0. The van der Waals surface area contributed by atoms with Gasteiger partial charge in [-0.05, 0) is 32.0 Å². The fourth-order valence-corrected chi connectivity index (χ4v) is 4.60. The number of rotatable bonds is 1. The van der Waals surface area contributed by atoms with Crippen LogP contribution in [0.2, 0.25) is 10.0 Å². The van der Waals surface area contributed by atoms with Crippen LogP contribution in [0, 0.1) is 23.7 Å². The molecule has 2 amide bonds. The largest absolute Gasteiger partial charge is 0.274 e. The van der Waals surface area contributed by atoms with E-state index in [0.717, 1.165) is 0 Å². The Labute approximate surface area is 144 Å². The van der Waals surface area contributed by atoms with Gasteiger partial charge >= 0.3 is 0 Å². The smallest absolute Gasteiger partial charge is 0.238 e. The third-order valence-corrected chi connectivity index (χ3v) is 5.89. The summed E-state index contributed by atoms with van der Waals surface area (Å²) in [6.45, 7) is 4.10. The molecule has 0 aromatic heterocycles. The van der Waals surface area contributed by atoms with Crippen LogP contribution in [0.25, 0.3) is 0 Å². The number of benzene rings is 1. The van der Waals surface area contributed by atoms with Crippen LogP contribution >= 0.6 is 23.2 Å². The summed E-state index contributed by atoms with van der Waals surface area (Å²) >= 11 is 12.0. The maximum Gasteiger partial charge on any atom is 0.238 e. The second kappa shape index (κ2) is 4.96. The van der Waals surface area contributed by atoms with Crippen molar-refractivity contribution in [2.75, 3.05) is 4.90 Å². The van der Waals surface area contributed by atoms with Gasteiger partial charge in [-0.2, -0.15) is 0 Å². The summed E-state index contributed by atoms with van der Waals surface area (Å²) in [6.07, 6.45) is 4.16. The van der Waals surface area contributed by atoms with Gasteiger partial charge in [-0.15, -0.1) is 0 Å². The first-order valence-corrected chi connectivity index (χ1v) is 8.36. The molecule has 2 bridgehead atoms. The van der Waals surface area contributed by atoms with Crippen LogP contribution in [-0.2, 0) is 9.59 Å². The van der Waals surface area contributed by atoms with Crippen LogP contribution in [0.5, 0.6) is 0 Å². The average molecular weight is 348 g/mol. The first kappa shape index (κ1) is 15.0. The topological polar surface area (TPSA) is 37.4 Å². The Hall–Kier alpha value is -1.58. The van der Waals surface area contributed by atoms with Crippen molar-refractivity contribution in [3.05, 3.63) is 51.5 Å². The lowest BCUT2D eigenvalue weighted by Gasteiger charge is -2.19. The SMILES string of the molecule is CC(C)=C1[C@H]2C=C[C@H]1[C@H]1C(=O)N(c3ccc(Cl)c(Cl)c3)C(=O)[C@H]12. The first-order valence-electron chi connectivity index (χ1n) is 7.60. The maximum atomic E-state index is 12.9. The van der Waals surface area contributed by atoms with E-state index in [4.69, 9.17) is 23.2 Å². The molecule has 1 heterocycles. The number of nitrogens with zero attached hydrogens (tertiary/aromatic N) is 1. The van der Waals surface area contributed by atoms with Crippen LogP contribution in [-0.4, -0.2) is 11.8 Å². The number of hydrogen-bond acceptors (Lipinski definition) is 2. The number of halogens is 2. The fraction of sp³-hybridized carbons (Fsp3) is 0.333. The molecule has 3 aliphatic rings. The molecule has 3 nitrogen and oxygen atoms in total. The predicted octanol–water partition coefficient (Wildman–Crippen LogP) is 4.25. The molecule has 0 unspecified atom stereocenters. The lowest BCUT2D eigenvalue weighted by Crippen LogP contribution is -2.33. The number of amides is 2. The highest BCUT2D eigenvalue weighted by Crippen LogP contribution is 2.57. The van der Waals surface area contributed by atoms with Crippen LogP contribution in [0.15, 0.2) is 41.5 Å². The van der Waals surface area contributed by atoms with Crippen molar-refractivity contribution in [1.29, 1.82) is 0 Å². The normalized spacial score (nSPS) is 31.3. The molecule has 1 saturated carbocycles. The standard InChI is InChI=1S/C18H15Cl2NO2/c1-8(2)14-10-4-5-11(14)16-15(10)17(22)21(18(16)23)9-3-6-12(19)13(20)7-9/h3-7,10-11,15-16H,1-2H3/t10-,11-,15-,16+/m1/s1. The minimum absolute atomic E-state index is 0.0548. The van der Waals surface area contributed by atoms with E-state index in [-0.39, 0.29) is 35.5 Å². The zero-order chi connectivity index (χ0) is 16.5. The van der Waals surface area contributed by atoms with Crippen molar-refractivity contribution in [3.8, 4) is 0 Å². The van der Waals surface area contributed by atoms with E-state index in [9.17, 15) is 9.59 Å². The highest BCUT2D eigenvalue weighted by molar-refractivity contribution is 6.42. The molecular formula is C18H15Cl2NO2. The zero-order valence-electron chi connectivity index (χ0n) is 12.7. The van der Waals surface area contributed by atoms with Gasteiger partial charge in [0.1, 0.15) is 0 Å². The predicted molar refractivity (Wildman–Crippen MR) is 90.4 cm³/mol. The van der Waals surface area contributed by atoms with Gasteiger partial charge in [0.25, 0.3) is 0 Å². The van der Waals surface area contributed by atoms with Crippen molar-refractivity contribution >= 4 is 40.7 Å². The fourth-order valence-electron chi connectivity index (χ4n) is 4.31. The zero-order valence-corrected chi connectivity index (χ0v) is 14.2. The molecule has 4 atom stereocenters. The number of allylic oxidation sites excluding steroid dienone is 4. The Balaban J connectivity index is 1.77. The molecule has 1 aromatic rings. The molecule has 4 rings (SSSR count). The summed E-state index contributed by atoms with van der Waals surface area (Å²) in [4.78, 5) is 27.1. The molecule has 2 aliphatic carbocycles. The van der Waals surface area contributed by atoms with Gasteiger partial charge in [-0.25, -0.2) is 4.90 Å². The number of carbonyl (C=O) groups excluding carboxylic acids is 2. The Morgan fingerprint density at radius 1 is 0.957 bits per heavy atom. The van der Waals surface area contributed by atoms with E-state index in [1.807, 2.05) is 0 Å². The van der Waals surface area contributed by atoms with Crippen molar-refractivity contribution in [2.24, 2.45) is 23.7 Å². The van der Waals surface area contributed by atoms with Gasteiger partial charge in [-0.1, -0.05) is 46.5 Å². The highest BCUT2D eigenvalue weighted by Gasteiger charge is 2.61. The number of hydrogen-bond donors (Lipinski definition) is 0. The van der Waals surface area contributed by atoms with Crippen molar-refractivity contribution in [1.82, 2.24) is 0 Å². The summed E-state index contributed by atoms with van der Waals surface area (Å²) in [6, 6.07) is 4.86. The van der Waals surface area contributed by atoms with Crippen molar-refractivity contribution in [3.63, 3.8) is 0 Å². The molecule has 0 N–H and O–H groups in total. The van der Waals surface area contributed by atoms with Crippen LogP contribution in [0.3, 0.4) is 0 Å². The van der Waals surface area contributed by atoms with Crippen LogP contribution in [0.4, 0.5) is 5.69 Å². The Morgan fingerprint density at radius 2 is 1.52 bits per heavy atom. The lowest BCUT2D eigenvalue weighted by atomic mass is 9.85. The number of anilines is 1. The van der Waals surface area contributed by atoms with E-state index >= 15 is 0 Å². The van der Waals surface area contributed by atoms with E-state index in [1.165, 1.54) is 16.0 Å². The summed E-state index contributed by atoms with van der Waals surface area (Å²) < 4.78 is 0. The number of imide groups is 1. The molecule has 23 heavy (non-hydrogen) atoms. The quantitative estimate of drug-likeness (QED) is 0.562. The molecule has 2 fully saturated rings. The maximum absolute atomic E-state index is 12.9. The van der Waals surface area contributed by atoms with E-state index in [2.05, 4.69) is 26.0 Å². The van der Waals surface area contributed by atoms with E-state index < -0.39 is 0 Å². The first-order chi connectivity index (χ1) is 10.9. The Morgan fingerprint density at radius 3 is 2.00 bits per heavy atom. The van der Waals surface area contributed by atoms with Gasteiger partial charge in [-0.3, -0.25) is 9.59 Å². The summed E-state index contributed by atoms with van der Waals surface area (Å²) in [5.74, 6) is -0.713. The molecule has 1 aromatic carbocycles. The molecule has 0 radical (unpaired) electrons. The van der Waals surface area contributed by atoms with Gasteiger partial charge < -0.3 is 0 Å². The molecule has 0 spiro atoms. The monoisotopic (exact) mass is 347 g/mol. The second-order valence-electron chi connectivity index (χ2n) is 6.55. The number of fused-ring (bicyclic) bond motifs is 5. The van der Waals surface area contributed by atoms with Crippen LogP contribution < -0.4 is 4.90 Å². The minimum Gasteiger partial charge on any atom is -0.274 e. The molecule has 5 heteroatoms. The molecule has 118 valence electrons. The van der Waals surface area contributed by atoms with Gasteiger partial charge in [0, 0.05) is 11.8 Å². The lowest BCUT2D eigenvalue weighted by molar-refractivity contribution is -0.122. The third-order valence-electron chi connectivity index (χ3n) is 5.15. The minimum atomic E-state index is -0.281. The number of carbonyl (C=O) groups is 2. The average Bonchev–Trinajstić information content (AvgIpc) is 3.13. The second-order valence-corrected chi connectivity index (χ2v) is 7.37. The van der Waals surface area contributed by atoms with Gasteiger partial charge in [0.2, 0.25) is 11.8 Å². The highest BCUT2D eigenvalue weighted by atomic mass is 35.5. The summed E-state index contributed by atoms with van der Waals surface area (Å²) in [5, 5.41) is 0.746. The van der Waals surface area contributed by atoms with E-state index in [1.54, 1.807) is 18.2 Å². The Kier molecular flexibility index (Phi) is 3.23. The molecule has 1 saturated heterocycles. The Bertz CT molecular complexity index is 773. The summed E-state index contributed by atoms with van der Waals surface area (Å²) in [5.41, 5.74) is 2.96. The third kappa shape index (κ3) is 1.90. The molecule has 1 aliphatic heterocycles. The molecular weight excluding hydrogens is 333 g/mol.